The molecule has 132 valence electrons. The molecule has 1 N–H and O–H groups in total. The first-order chi connectivity index (χ1) is 12.0. The van der Waals surface area contributed by atoms with Crippen LogP contribution in [0.4, 0.5) is 0 Å². The van der Waals surface area contributed by atoms with Gasteiger partial charge in [0, 0.05) is 19.0 Å². The van der Waals surface area contributed by atoms with Crippen LogP contribution < -0.4 is 5.32 Å². The summed E-state index contributed by atoms with van der Waals surface area (Å²) in [6, 6.07) is 6.43. The zero-order valence-electron chi connectivity index (χ0n) is 14.0. The molecule has 0 unspecified atom stereocenters. The molecular formula is C17H19N3O5. The average Bonchev–Trinajstić information content (AvgIpc) is 2.64. The van der Waals surface area contributed by atoms with Gasteiger partial charge in [-0.25, -0.2) is 9.78 Å². The van der Waals surface area contributed by atoms with Crippen LogP contribution in [-0.2, 0) is 30.3 Å². The molecule has 0 fully saturated rings. The van der Waals surface area contributed by atoms with Crippen molar-refractivity contribution in [3.63, 3.8) is 0 Å². The smallest absolute Gasteiger partial charge is 0.328 e. The lowest BCUT2D eigenvalue weighted by molar-refractivity contribution is -0.145. The van der Waals surface area contributed by atoms with Gasteiger partial charge in [-0.05, 0) is 12.1 Å². The fourth-order valence-electron chi connectivity index (χ4n) is 2.22. The highest BCUT2D eigenvalue weighted by molar-refractivity contribution is 5.86. The van der Waals surface area contributed by atoms with E-state index >= 15 is 0 Å². The number of esters is 2. The number of nitrogens with zero attached hydrogens (tertiary/aromatic N) is 2. The molecule has 8 heteroatoms. The summed E-state index contributed by atoms with van der Waals surface area (Å²) in [4.78, 5) is 43.7. The number of methoxy groups -OCH3 is 2. The molecule has 1 amide bonds. The number of aromatic nitrogens is 2. The molecule has 0 radical (unpaired) electrons. The van der Waals surface area contributed by atoms with Crippen LogP contribution in [0.25, 0.3) is 11.0 Å². The van der Waals surface area contributed by atoms with Crippen LogP contribution >= 0.6 is 0 Å². The quantitative estimate of drug-likeness (QED) is 0.739. The van der Waals surface area contributed by atoms with Gasteiger partial charge in [-0.3, -0.25) is 14.6 Å². The van der Waals surface area contributed by atoms with Gasteiger partial charge in [0.1, 0.15) is 6.04 Å². The Balaban J connectivity index is 2.07. The Bertz CT molecular complexity index is 778. The molecule has 1 heterocycles. The lowest BCUT2D eigenvalue weighted by Crippen LogP contribution is -2.43. The van der Waals surface area contributed by atoms with Gasteiger partial charge in [0.05, 0.1) is 37.4 Å². The molecular weight excluding hydrogens is 326 g/mol. The van der Waals surface area contributed by atoms with Crippen LogP contribution in [-0.4, -0.2) is 48.1 Å². The number of carbonyl (C=O) groups is 3. The SMILES string of the molecule is COC(=O)CCC(=O)N[C@H](Cc1cnc2ccccc2n1)C(=O)OC. The zero-order chi connectivity index (χ0) is 18.2. The average molecular weight is 345 g/mol. The fraction of sp³-hybridized carbons (Fsp3) is 0.353. The Morgan fingerprint density at radius 1 is 1.08 bits per heavy atom. The highest BCUT2D eigenvalue weighted by atomic mass is 16.5. The highest BCUT2D eigenvalue weighted by Gasteiger charge is 2.23. The lowest BCUT2D eigenvalue weighted by atomic mass is 10.1. The first-order valence-electron chi connectivity index (χ1n) is 7.68. The van der Waals surface area contributed by atoms with Crippen molar-refractivity contribution < 1.29 is 23.9 Å². The van der Waals surface area contributed by atoms with E-state index in [9.17, 15) is 14.4 Å². The monoisotopic (exact) mass is 345 g/mol. The van der Waals surface area contributed by atoms with Crippen LogP contribution in [0, 0.1) is 0 Å². The van der Waals surface area contributed by atoms with Gasteiger partial charge in [-0.1, -0.05) is 12.1 Å². The standard InChI is InChI=1S/C17H19N3O5/c1-24-16(22)8-7-15(21)20-14(17(23)25-2)9-11-10-18-12-5-3-4-6-13(12)19-11/h3-6,10,14H,7-9H2,1-2H3,(H,20,21)/t14-/m1/s1. The Morgan fingerprint density at radius 2 is 1.80 bits per heavy atom. The number of nitrogens with one attached hydrogen (secondary N) is 1. The topological polar surface area (TPSA) is 107 Å². The Kier molecular flexibility index (Phi) is 6.39. The molecule has 0 bridgehead atoms. The molecule has 8 nitrogen and oxygen atoms in total. The minimum atomic E-state index is -0.911. The van der Waals surface area contributed by atoms with Crippen LogP contribution in [0.15, 0.2) is 30.5 Å². The van der Waals surface area contributed by atoms with Gasteiger partial charge in [-0.15, -0.1) is 0 Å². The van der Waals surface area contributed by atoms with E-state index in [-0.39, 0.29) is 19.3 Å². The minimum Gasteiger partial charge on any atom is -0.469 e. The number of ether oxygens (including phenoxy) is 2. The number of hydrogen-bond donors (Lipinski definition) is 1. The van der Waals surface area contributed by atoms with Crippen molar-refractivity contribution in [3.05, 3.63) is 36.2 Å². The molecule has 1 aromatic heterocycles. The molecule has 2 rings (SSSR count). The minimum absolute atomic E-state index is 0.0635. The van der Waals surface area contributed by atoms with Crippen LogP contribution in [0.2, 0.25) is 0 Å². The maximum atomic E-state index is 11.9. The number of fused-ring (bicyclic) bond motifs is 1. The third-order valence-corrected chi connectivity index (χ3v) is 3.52. The number of rotatable bonds is 7. The first-order valence-corrected chi connectivity index (χ1v) is 7.68. The van der Waals surface area contributed by atoms with Gasteiger partial charge in [-0.2, -0.15) is 0 Å². The van der Waals surface area contributed by atoms with Crippen molar-refractivity contribution in [1.82, 2.24) is 15.3 Å². The molecule has 1 aromatic carbocycles. The van der Waals surface area contributed by atoms with Crippen LogP contribution in [0.5, 0.6) is 0 Å². The molecule has 1 atom stereocenters. The lowest BCUT2D eigenvalue weighted by Gasteiger charge is -2.16. The van der Waals surface area contributed by atoms with Crippen molar-refractivity contribution in [2.45, 2.75) is 25.3 Å². The molecule has 0 saturated heterocycles. The number of amides is 1. The summed E-state index contributed by atoms with van der Waals surface area (Å²) < 4.78 is 9.21. The summed E-state index contributed by atoms with van der Waals surface area (Å²) in [5, 5.41) is 2.55. The molecule has 0 aliphatic carbocycles. The predicted molar refractivity (Wildman–Crippen MR) is 88.4 cm³/mol. The summed E-state index contributed by atoms with van der Waals surface area (Å²) in [6.07, 6.45) is 1.54. The summed E-state index contributed by atoms with van der Waals surface area (Å²) in [7, 11) is 2.48. The maximum Gasteiger partial charge on any atom is 0.328 e. The molecule has 0 aliphatic rings. The first kappa shape index (κ1) is 18.3. The number of carbonyl (C=O) groups excluding carboxylic acids is 3. The zero-order valence-corrected chi connectivity index (χ0v) is 14.0. The molecule has 0 spiro atoms. The van der Waals surface area contributed by atoms with E-state index < -0.39 is 23.9 Å². The Hall–Kier alpha value is -3.03. The third kappa shape index (κ3) is 5.23. The van der Waals surface area contributed by atoms with E-state index in [1.165, 1.54) is 14.2 Å². The Labute approximate surface area is 144 Å². The molecule has 25 heavy (non-hydrogen) atoms. The van der Waals surface area contributed by atoms with Crippen molar-refractivity contribution >= 4 is 28.9 Å². The normalized spacial score (nSPS) is 11.6. The highest BCUT2D eigenvalue weighted by Crippen LogP contribution is 2.10. The number of para-hydroxylation sites is 2. The van der Waals surface area contributed by atoms with Gasteiger partial charge >= 0.3 is 11.9 Å². The molecule has 0 saturated carbocycles. The van der Waals surface area contributed by atoms with Crippen LogP contribution in [0.1, 0.15) is 18.5 Å². The van der Waals surface area contributed by atoms with Gasteiger partial charge in [0.25, 0.3) is 0 Å². The Morgan fingerprint density at radius 3 is 2.48 bits per heavy atom. The van der Waals surface area contributed by atoms with E-state index in [4.69, 9.17) is 4.74 Å². The predicted octanol–water partition coefficient (Wildman–Crippen LogP) is 0.783. The molecule has 2 aromatic rings. The van der Waals surface area contributed by atoms with Crippen molar-refractivity contribution in [1.29, 1.82) is 0 Å². The van der Waals surface area contributed by atoms with Crippen molar-refractivity contribution in [3.8, 4) is 0 Å². The van der Waals surface area contributed by atoms with E-state index in [1.807, 2.05) is 24.3 Å². The summed E-state index contributed by atoms with van der Waals surface area (Å²) in [5.41, 5.74) is 1.98. The third-order valence-electron chi connectivity index (χ3n) is 3.52. The summed E-state index contributed by atoms with van der Waals surface area (Å²) >= 11 is 0. The van der Waals surface area contributed by atoms with Gasteiger partial charge < -0.3 is 14.8 Å². The van der Waals surface area contributed by atoms with E-state index in [1.54, 1.807) is 6.20 Å². The van der Waals surface area contributed by atoms with Gasteiger partial charge in [0.15, 0.2) is 0 Å². The van der Waals surface area contributed by atoms with E-state index in [2.05, 4.69) is 20.0 Å². The second-order valence-electron chi connectivity index (χ2n) is 5.27. The second kappa shape index (κ2) is 8.72. The van der Waals surface area contributed by atoms with Crippen molar-refractivity contribution in [2.24, 2.45) is 0 Å². The molecule has 0 aliphatic heterocycles. The summed E-state index contributed by atoms with van der Waals surface area (Å²) in [6.45, 7) is 0. The largest absolute Gasteiger partial charge is 0.469 e. The fourth-order valence-corrected chi connectivity index (χ4v) is 2.22. The number of benzene rings is 1. The second-order valence-corrected chi connectivity index (χ2v) is 5.27. The maximum absolute atomic E-state index is 11.9. The summed E-state index contributed by atoms with van der Waals surface area (Å²) in [5.74, 6) is -1.54. The van der Waals surface area contributed by atoms with E-state index in [0.717, 1.165) is 5.52 Å². The number of hydrogen-bond acceptors (Lipinski definition) is 7. The van der Waals surface area contributed by atoms with Gasteiger partial charge in [0.2, 0.25) is 5.91 Å². The van der Waals surface area contributed by atoms with E-state index in [0.29, 0.717) is 11.2 Å². The van der Waals surface area contributed by atoms with Crippen molar-refractivity contribution in [2.75, 3.05) is 14.2 Å². The van der Waals surface area contributed by atoms with Crippen LogP contribution in [0.3, 0.4) is 0 Å².